The SMILES string of the molecule is C[C@H](CO)Nc1nc(NCc2cccc([N+](=O)[O-])c2)cc(-c2ccccc2)n1. The van der Waals surface area contributed by atoms with Gasteiger partial charge in [0.2, 0.25) is 5.95 Å². The average Bonchev–Trinajstić information content (AvgIpc) is 2.73. The maximum Gasteiger partial charge on any atom is 0.269 e. The molecule has 3 rings (SSSR count). The number of rotatable bonds is 8. The fraction of sp³-hybridized carbons (Fsp3) is 0.200. The predicted octanol–water partition coefficient (Wildman–Crippen LogP) is 3.46. The van der Waals surface area contributed by atoms with Crippen molar-refractivity contribution in [1.82, 2.24) is 9.97 Å². The summed E-state index contributed by atoms with van der Waals surface area (Å²) in [5, 5.41) is 26.5. The highest BCUT2D eigenvalue weighted by atomic mass is 16.6. The van der Waals surface area contributed by atoms with E-state index in [2.05, 4.69) is 20.6 Å². The van der Waals surface area contributed by atoms with E-state index in [0.717, 1.165) is 16.8 Å². The summed E-state index contributed by atoms with van der Waals surface area (Å²) in [5.41, 5.74) is 2.48. The topological polar surface area (TPSA) is 113 Å². The Balaban J connectivity index is 1.85. The smallest absolute Gasteiger partial charge is 0.269 e. The first kappa shape index (κ1) is 19.2. The number of hydrogen-bond donors (Lipinski definition) is 3. The van der Waals surface area contributed by atoms with Crippen LogP contribution in [0, 0.1) is 10.1 Å². The van der Waals surface area contributed by atoms with E-state index in [-0.39, 0.29) is 18.3 Å². The lowest BCUT2D eigenvalue weighted by atomic mass is 10.1. The van der Waals surface area contributed by atoms with E-state index in [0.29, 0.717) is 18.3 Å². The molecule has 0 radical (unpaired) electrons. The Bertz CT molecular complexity index is 950. The van der Waals surface area contributed by atoms with E-state index in [1.807, 2.05) is 49.4 Å². The molecule has 0 saturated carbocycles. The van der Waals surface area contributed by atoms with Crippen LogP contribution in [0.3, 0.4) is 0 Å². The van der Waals surface area contributed by atoms with Gasteiger partial charge in [0.25, 0.3) is 5.69 Å². The lowest BCUT2D eigenvalue weighted by Gasteiger charge is -2.14. The minimum atomic E-state index is -0.417. The molecule has 0 unspecified atom stereocenters. The highest BCUT2D eigenvalue weighted by Gasteiger charge is 2.10. The second kappa shape index (κ2) is 8.92. The van der Waals surface area contributed by atoms with Gasteiger partial charge in [-0.3, -0.25) is 10.1 Å². The Hall–Kier alpha value is -3.52. The van der Waals surface area contributed by atoms with Crippen molar-refractivity contribution >= 4 is 17.5 Å². The summed E-state index contributed by atoms with van der Waals surface area (Å²) >= 11 is 0. The van der Waals surface area contributed by atoms with Crippen LogP contribution >= 0.6 is 0 Å². The molecule has 3 N–H and O–H groups in total. The van der Waals surface area contributed by atoms with E-state index in [9.17, 15) is 15.2 Å². The van der Waals surface area contributed by atoms with Crippen LogP contribution in [0.25, 0.3) is 11.3 Å². The highest BCUT2D eigenvalue weighted by Crippen LogP contribution is 2.22. The maximum absolute atomic E-state index is 10.9. The van der Waals surface area contributed by atoms with Gasteiger partial charge in [-0.2, -0.15) is 4.98 Å². The van der Waals surface area contributed by atoms with Gasteiger partial charge < -0.3 is 15.7 Å². The molecule has 3 aromatic rings. The molecule has 144 valence electrons. The molecule has 1 heterocycles. The summed E-state index contributed by atoms with van der Waals surface area (Å²) in [4.78, 5) is 19.5. The lowest BCUT2D eigenvalue weighted by molar-refractivity contribution is -0.384. The molecule has 2 aromatic carbocycles. The largest absolute Gasteiger partial charge is 0.394 e. The van der Waals surface area contributed by atoms with Crippen molar-refractivity contribution in [2.24, 2.45) is 0 Å². The molecule has 8 heteroatoms. The number of nitro benzene ring substituents is 1. The van der Waals surface area contributed by atoms with Crippen molar-refractivity contribution in [3.63, 3.8) is 0 Å². The number of benzene rings is 2. The third-order valence-electron chi connectivity index (χ3n) is 4.04. The van der Waals surface area contributed by atoms with Crippen molar-refractivity contribution < 1.29 is 10.0 Å². The third kappa shape index (κ3) is 5.01. The van der Waals surface area contributed by atoms with Gasteiger partial charge in [0.1, 0.15) is 5.82 Å². The van der Waals surface area contributed by atoms with Gasteiger partial charge in [-0.15, -0.1) is 0 Å². The number of hydrogen-bond acceptors (Lipinski definition) is 7. The average molecular weight is 379 g/mol. The van der Waals surface area contributed by atoms with Gasteiger partial charge in [-0.05, 0) is 12.5 Å². The van der Waals surface area contributed by atoms with Gasteiger partial charge in [-0.1, -0.05) is 42.5 Å². The lowest BCUT2D eigenvalue weighted by Crippen LogP contribution is -2.21. The molecule has 0 aliphatic heterocycles. The molecule has 0 amide bonds. The Morgan fingerprint density at radius 1 is 1.11 bits per heavy atom. The number of nitrogens with one attached hydrogen (secondary N) is 2. The number of non-ortho nitro benzene ring substituents is 1. The molecule has 0 spiro atoms. The summed E-state index contributed by atoms with van der Waals surface area (Å²) in [5.74, 6) is 0.970. The molecular weight excluding hydrogens is 358 g/mol. The zero-order valence-corrected chi connectivity index (χ0v) is 15.4. The minimum Gasteiger partial charge on any atom is -0.394 e. The van der Waals surface area contributed by atoms with Crippen LogP contribution in [0.5, 0.6) is 0 Å². The molecule has 0 aliphatic rings. The van der Waals surface area contributed by atoms with Crippen LogP contribution in [0.1, 0.15) is 12.5 Å². The van der Waals surface area contributed by atoms with E-state index in [4.69, 9.17) is 0 Å². The first-order valence-corrected chi connectivity index (χ1v) is 8.84. The second-order valence-electron chi connectivity index (χ2n) is 6.34. The number of aliphatic hydroxyl groups excluding tert-OH is 1. The first-order chi connectivity index (χ1) is 13.5. The summed E-state index contributed by atoms with van der Waals surface area (Å²) in [6.45, 7) is 2.16. The second-order valence-corrected chi connectivity index (χ2v) is 6.34. The van der Waals surface area contributed by atoms with E-state index >= 15 is 0 Å². The van der Waals surface area contributed by atoms with Gasteiger partial charge in [0.15, 0.2) is 0 Å². The van der Waals surface area contributed by atoms with Crippen molar-refractivity contribution in [2.45, 2.75) is 19.5 Å². The summed E-state index contributed by atoms with van der Waals surface area (Å²) < 4.78 is 0. The van der Waals surface area contributed by atoms with Gasteiger partial charge in [-0.25, -0.2) is 4.98 Å². The van der Waals surface area contributed by atoms with Crippen molar-refractivity contribution in [3.05, 3.63) is 76.3 Å². The molecule has 1 atom stereocenters. The monoisotopic (exact) mass is 379 g/mol. The van der Waals surface area contributed by atoms with Crippen LogP contribution in [0.2, 0.25) is 0 Å². The van der Waals surface area contributed by atoms with E-state index in [1.165, 1.54) is 12.1 Å². The Morgan fingerprint density at radius 2 is 1.89 bits per heavy atom. The molecule has 1 aromatic heterocycles. The van der Waals surface area contributed by atoms with Gasteiger partial charge in [0.05, 0.1) is 17.2 Å². The predicted molar refractivity (Wildman–Crippen MR) is 108 cm³/mol. The highest BCUT2D eigenvalue weighted by molar-refractivity contribution is 5.64. The summed E-state index contributed by atoms with van der Waals surface area (Å²) in [6, 6.07) is 17.8. The van der Waals surface area contributed by atoms with Gasteiger partial charge >= 0.3 is 0 Å². The van der Waals surface area contributed by atoms with Crippen LogP contribution in [0.15, 0.2) is 60.7 Å². The standard InChI is InChI=1S/C20H21N5O3/c1-14(13-26)22-20-23-18(16-7-3-2-4-8-16)11-19(24-20)21-12-15-6-5-9-17(10-15)25(27)28/h2-11,14,26H,12-13H2,1H3,(H2,21,22,23,24)/t14-/m1/s1. The number of nitro groups is 1. The molecule has 0 aliphatic carbocycles. The quantitative estimate of drug-likeness (QED) is 0.406. The zero-order chi connectivity index (χ0) is 19.9. The normalized spacial score (nSPS) is 11.6. The summed E-state index contributed by atoms with van der Waals surface area (Å²) in [6.07, 6.45) is 0. The Kier molecular flexibility index (Phi) is 6.13. The van der Waals surface area contributed by atoms with Crippen LogP contribution in [-0.2, 0) is 6.54 Å². The minimum absolute atomic E-state index is 0.0463. The Morgan fingerprint density at radius 3 is 2.61 bits per heavy atom. The van der Waals surface area contributed by atoms with Crippen LogP contribution in [0.4, 0.5) is 17.5 Å². The molecule has 0 bridgehead atoms. The van der Waals surface area contributed by atoms with Crippen LogP contribution in [-0.4, -0.2) is 32.6 Å². The Labute approximate surface area is 162 Å². The fourth-order valence-corrected chi connectivity index (χ4v) is 2.60. The van der Waals surface area contributed by atoms with Gasteiger partial charge in [0, 0.05) is 36.3 Å². The zero-order valence-electron chi connectivity index (χ0n) is 15.4. The van der Waals surface area contributed by atoms with E-state index < -0.39 is 4.92 Å². The molecule has 0 fully saturated rings. The molecule has 28 heavy (non-hydrogen) atoms. The maximum atomic E-state index is 10.9. The van der Waals surface area contributed by atoms with Crippen molar-refractivity contribution in [2.75, 3.05) is 17.2 Å². The third-order valence-corrected chi connectivity index (χ3v) is 4.04. The molecule has 0 saturated heterocycles. The van der Waals surface area contributed by atoms with Crippen molar-refractivity contribution in [1.29, 1.82) is 0 Å². The number of aliphatic hydroxyl groups is 1. The molecular formula is C20H21N5O3. The number of aromatic nitrogens is 2. The first-order valence-electron chi connectivity index (χ1n) is 8.84. The van der Waals surface area contributed by atoms with E-state index in [1.54, 1.807) is 6.07 Å². The van der Waals surface area contributed by atoms with Crippen LogP contribution < -0.4 is 10.6 Å². The fourth-order valence-electron chi connectivity index (χ4n) is 2.60. The molecule has 8 nitrogen and oxygen atoms in total. The summed E-state index contributed by atoms with van der Waals surface area (Å²) in [7, 11) is 0. The number of nitrogens with zero attached hydrogens (tertiary/aromatic N) is 3. The van der Waals surface area contributed by atoms with Crippen molar-refractivity contribution in [3.8, 4) is 11.3 Å². The number of anilines is 2.